The van der Waals surface area contributed by atoms with Crippen molar-refractivity contribution in [2.24, 2.45) is 0 Å². The summed E-state index contributed by atoms with van der Waals surface area (Å²) in [7, 11) is 0. The highest BCUT2D eigenvalue weighted by atomic mass is 35.5. The normalized spacial score (nSPS) is 19.1. The first-order valence-electron chi connectivity index (χ1n) is 7.79. The number of amides is 1. The molecule has 5 heteroatoms. The maximum Gasteiger partial charge on any atom is 0.410 e. The lowest BCUT2D eigenvalue weighted by molar-refractivity contribution is 0.0187. The number of likely N-dealkylation sites (tertiary alicyclic amines) is 1. The summed E-state index contributed by atoms with van der Waals surface area (Å²) in [6, 6.07) is 8.13. The van der Waals surface area contributed by atoms with Crippen molar-refractivity contribution in [1.29, 1.82) is 0 Å². The molecular formula is C17H25ClN2O2. The molecule has 1 aromatic rings. The summed E-state index contributed by atoms with van der Waals surface area (Å²) in [4.78, 5) is 13.9. The SMILES string of the molecule is CC(C)(C)OC(=O)N1CCC[C@@H](NCc2ccc(Cl)cc2)C1. The van der Waals surface area contributed by atoms with Crippen LogP contribution in [-0.2, 0) is 11.3 Å². The summed E-state index contributed by atoms with van der Waals surface area (Å²) in [6.45, 7) is 7.93. The van der Waals surface area contributed by atoms with Crippen LogP contribution < -0.4 is 5.32 Å². The van der Waals surface area contributed by atoms with E-state index in [0.29, 0.717) is 12.6 Å². The second-order valence-corrected chi connectivity index (χ2v) is 7.21. The average Bonchev–Trinajstić information content (AvgIpc) is 2.45. The highest BCUT2D eigenvalue weighted by Gasteiger charge is 2.27. The Kier molecular flexibility index (Phi) is 5.70. The van der Waals surface area contributed by atoms with Gasteiger partial charge in [-0.25, -0.2) is 4.79 Å². The summed E-state index contributed by atoms with van der Waals surface area (Å²) in [5, 5.41) is 4.26. The number of ether oxygens (including phenoxy) is 1. The standard InChI is InChI=1S/C17H25ClN2O2/c1-17(2,3)22-16(21)20-10-4-5-15(12-20)19-11-13-6-8-14(18)9-7-13/h6-9,15,19H,4-5,10-12H2,1-3H3/t15-/m1/s1. The van der Waals surface area contributed by atoms with Crippen molar-refractivity contribution in [1.82, 2.24) is 10.2 Å². The zero-order chi connectivity index (χ0) is 16.2. The van der Waals surface area contributed by atoms with Gasteiger partial charge >= 0.3 is 6.09 Å². The Hall–Kier alpha value is -1.26. The third kappa shape index (κ3) is 5.50. The largest absolute Gasteiger partial charge is 0.444 e. The second-order valence-electron chi connectivity index (χ2n) is 6.77. The number of carbonyl (C=O) groups excluding carboxylic acids is 1. The lowest BCUT2D eigenvalue weighted by Crippen LogP contribution is -2.49. The first-order valence-corrected chi connectivity index (χ1v) is 8.17. The van der Waals surface area contributed by atoms with Gasteiger partial charge in [-0.05, 0) is 51.3 Å². The van der Waals surface area contributed by atoms with Crippen LogP contribution in [0.1, 0.15) is 39.2 Å². The van der Waals surface area contributed by atoms with E-state index in [4.69, 9.17) is 16.3 Å². The maximum absolute atomic E-state index is 12.1. The van der Waals surface area contributed by atoms with Crippen molar-refractivity contribution < 1.29 is 9.53 Å². The minimum Gasteiger partial charge on any atom is -0.444 e. The third-order valence-electron chi connectivity index (χ3n) is 3.58. The van der Waals surface area contributed by atoms with Crippen LogP contribution in [0.4, 0.5) is 4.79 Å². The van der Waals surface area contributed by atoms with Gasteiger partial charge in [-0.1, -0.05) is 23.7 Å². The molecule has 4 nitrogen and oxygen atoms in total. The van der Waals surface area contributed by atoms with Crippen molar-refractivity contribution in [3.63, 3.8) is 0 Å². The predicted octanol–water partition coefficient (Wildman–Crippen LogP) is 3.83. The number of nitrogens with one attached hydrogen (secondary N) is 1. The van der Waals surface area contributed by atoms with Crippen LogP contribution in [0.15, 0.2) is 24.3 Å². The van der Waals surface area contributed by atoms with Gasteiger partial charge < -0.3 is 15.0 Å². The van der Waals surface area contributed by atoms with Crippen molar-refractivity contribution in [3.05, 3.63) is 34.9 Å². The summed E-state index contributed by atoms with van der Waals surface area (Å²) in [6.07, 6.45) is 1.86. The van der Waals surface area contributed by atoms with Gasteiger partial charge in [0.2, 0.25) is 0 Å². The molecule has 0 saturated carbocycles. The van der Waals surface area contributed by atoms with E-state index in [2.05, 4.69) is 5.32 Å². The first kappa shape index (κ1) is 17.1. The molecule has 1 heterocycles. The van der Waals surface area contributed by atoms with Gasteiger partial charge in [0.05, 0.1) is 0 Å². The lowest BCUT2D eigenvalue weighted by atomic mass is 10.1. The number of benzene rings is 1. The number of hydrogen-bond donors (Lipinski definition) is 1. The van der Waals surface area contributed by atoms with E-state index < -0.39 is 5.60 Å². The van der Waals surface area contributed by atoms with Crippen LogP contribution in [0.25, 0.3) is 0 Å². The number of rotatable bonds is 3. The highest BCUT2D eigenvalue weighted by molar-refractivity contribution is 6.30. The van der Waals surface area contributed by atoms with Gasteiger partial charge in [-0.3, -0.25) is 0 Å². The summed E-state index contributed by atoms with van der Waals surface area (Å²) in [5.74, 6) is 0. The Balaban J connectivity index is 1.82. The fourth-order valence-electron chi connectivity index (χ4n) is 2.50. The van der Waals surface area contributed by atoms with E-state index in [9.17, 15) is 4.79 Å². The number of hydrogen-bond acceptors (Lipinski definition) is 3. The molecule has 0 radical (unpaired) electrons. The van der Waals surface area contributed by atoms with Gasteiger partial charge in [0.25, 0.3) is 0 Å². The molecule has 0 aromatic heterocycles. The zero-order valence-corrected chi connectivity index (χ0v) is 14.3. The molecule has 1 atom stereocenters. The molecule has 0 spiro atoms. The van der Waals surface area contributed by atoms with Crippen LogP contribution in [0.3, 0.4) is 0 Å². The van der Waals surface area contributed by atoms with Gasteiger partial charge in [-0.2, -0.15) is 0 Å². The minimum absolute atomic E-state index is 0.217. The molecule has 0 unspecified atom stereocenters. The molecule has 22 heavy (non-hydrogen) atoms. The Morgan fingerprint density at radius 3 is 2.68 bits per heavy atom. The number of carbonyl (C=O) groups is 1. The number of nitrogens with zero attached hydrogens (tertiary/aromatic N) is 1. The maximum atomic E-state index is 12.1. The van der Waals surface area contributed by atoms with Crippen molar-refractivity contribution >= 4 is 17.7 Å². The summed E-state index contributed by atoms with van der Waals surface area (Å²) < 4.78 is 5.45. The van der Waals surface area contributed by atoms with Crippen molar-refractivity contribution in [3.8, 4) is 0 Å². The molecule has 0 bridgehead atoms. The fourth-order valence-corrected chi connectivity index (χ4v) is 2.63. The van der Waals surface area contributed by atoms with Gasteiger partial charge in [0.1, 0.15) is 5.60 Å². The van der Waals surface area contributed by atoms with Crippen molar-refractivity contribution in [2.75, 3.05) is 13.1 Å². The molecule has 1 saturated heterocycles. The lowest BCUT2D eigenvalue weighted by Gasteiger charge is -2.34. The van der Waals surface area contributed by atoms with E-state index in [1.165, 1.54) is 5.56 Å². The van der Waals surface area contributed by atoms with Crippen LogP contribution in [0.5, 0.6) is 0 Å². The van der Waals surface area contributed by atoms with Crippen LogP contribution in [0.2, 0.25) is 5.02 Å². The van der Waals surface area contributed by atoms with Gasteiger partial charge in [0.15, 0.2) is 0 Å². The molecule has 1 aliphatic heterocycles. The van der Waals surface area contributed by atoms with Gasteiger partial charge in [-0.15, -0.1) is 0 Å². The Labute approximate surface area is 137 Å². The smallest absolute Gasteiger partial charge is 0.410 e. The topological polar surface area (TPSA) is 41.6 Å². The molecule has 0 aliphatic carbocycles. The molecule has 1 aliphatic rings. The monoisotopic (exact) mass is 324 g/mol. The summed E-state index contributed by atoms with van der Waals surface area (Å²) >= 11 is 5.89. The molecule has 1 aromatic carbocycles. The number of piperidine rings is 1. The van der Waals surface area contributed by atoms with Crippen LogP contribution in [0, 0.1) is 0 Å². The van der Waals surface area contributed by atoms with E-state index >= 15 is 0 Å². The molecule has 122 valence electrons. The van der Waals surface area contributed by atoms with Crippen LogP contribution >= 0.6 is 11.6 Å². The first-order chi connectivity index (χ1) is 10.3. The quantitative estimate of drug-likeness (QED) is 0.918. The van der Waals surface area contributed by atoms with E-state index in [1.807, 2.05) is 45.0 Å². The molecular weight excluding hydrogens is 300 g/mol. The van der Waals surface area contributed by atoms with Crippen LogP contribution in [-0.4, -0.2) is 35.7 Å². The Morgan fingerprint density at radius 2 is 2.05 bits per heavy atom. The average molecular weight is 325 g/mol. The zero-order valence-electron chi connectivity index (χ0n) is 13.6. The molecule has 2 rings (SSSR count). The number of halogens is 1. The highest BCUT2D eigenvalue weighted by Crippen LogP contribution is 2.16. The Morgan fingerprint density at radius 1 is 1.36 bits per heavy atom. The summed E-state index contributed by atoms with van der Waals surface area (Å²) in [5.41, 5.74) is 0.750. The predicted molar refractivity (Wildman–Crippen MR) is 89.1 cm³/mol. The van der Waals surface area contributed by atoms with Crippen molar-refractivity contribution in [2.45, 2.75) is 51.8 Å². The Bertz CT molecular complexity index is 496. The van der Waals surface area contributed by atoms with E-state index in [-0.39, 0.29) is 6.09 Å². The fraction of sp³-hybridized carbons (Fsp3) is 0.588. The molecule has 1 fully saturated rings. The minimum atomic E-state index is -0.444. The third-order valence-corrected chi connectivity index (χ3v) is 3.83. The molecule has 1 N–H and O–H groups in total. The second kappa shape index (κ2) is 7.34. The van der Waals surface area contributed by atoms with Gasteiger partial charge in [0, 0.05) is 30.7 Å². The van der Waals surface area contributed by atoms with E-state index in [1.54, 1.807) is 4.90 Å². The van der Waals surface area contributed by atoms with E-state index in [0.717, 1.165) is 31.0 Å². The molecule has 1 amide bonds.